The zero-order valence-electron chi connectivity index (χ0n) is 14.7. The Morgan fingerprint density at radius 3 is 2.88 bits per heavy atom. The Hall–Kier alpha value is -2.38. The lowest BCUT2D eigenvalue weighted by atomic mass is 9.98. The first-order chi connectivity index (χ1) is 12.2. The number of aromatic amines is 1. The second-order valence-corrected chi connectivity index (χ2v) is 6.53. The number of hydrogen-bond acceptors (Lipinski definition) is 4. The molecule has 1 aromatic carbocycles. The van der Waals surface area contributed by atoms with Gasteiger partial charge in [-0.15, -0.1) is 12.4 Å². The number of nitrogens with one attached hydrogen (secondary N) is 3. The van der Waals surface area contributed by atoms with Crippen molar-refractivity contribution >= 4 is 35.2 Å². The van der Waals surface area contributed by atoms with Crippen molar-refractivity contribution in [2.75, 3.05) is 18.4 Å². The van der Waals surface area contributed by atoms with E-state index < -0.39 is 0 Å². The third-order valence-corrected chi connectivity index (χ3v) is 4.76. The summed E-state index contributed by atoms with van der Waals surface area (Å²) < 4.78 is 1.66. The molecular weight excluding hydrogens is 352 g/mol. The number of H-pyrrole nitrogens is 1. The molecule has 1 aliphatic rings. The standard InChI is InChI=1S/C18H22N6O.ClH/c1-24-18(22-17(23-24)12-6-8-19-9-7-12)21-16(25)10-13-11-20-15-5-3-2-4-14(13)15;/h2-5,11-12,19-20H,6-10H2,1H3,(H,21,22,23,25);1H. The maximum Gasteiger partial charge on any atom is 0.231 e. The Morgan fingerprint density at radius 2 is 2.08 bits per heavy atom. The molecule has 0 atom stereocenters. The number of piperidine rings is 1. The molecule has 0 unspecified atom stereocenters. The molecule has 7 nitrogen and oxygen atoms in total. The summed E-state index contributed by atoms with van der Waals surface area (Å²) in [5.41, 5.74) is 2.02. The number of para-hydroxylation sites is 1. The second-order valence-electron chi connectivity index (χ2n) is 6.53. The lowest BCUT2D eigenvalue weighted by Crippen LogP contribution is -2.27. The van der Waals surface area contributed by atoms with Crippen LogP contribution in [0.2, 0.25) is 0 Å². The number of hydrogen-bond donors (Lipinski definition) is 3. The first kappa shape index (κ1) is 18.4. The predicted molar refractivity (Wildman–Crippen MR) is 104 cm³/mol. The molecule has 0 spiro atoms. The molecule has 4 rings (SSSR count). The van der Waals surface area contributed by atoms with Crippen molar-refractivity contribution in [3.63, 3.8) is 0 Å². The van der Waals surface area contributed by atoms with Crippen LogP contribution in [0.15, 0.2) is 30.5 Å². The summed E-state index contributed by atoms with van der Waals surface area (Å²) in [4.78, 5) is 20.2. The summed E-state index contributed by atoms with van der Waals surface area (Å²) in [6, 6.07) is 7.98. The monoisotopic (exact) mass is 374 g/mol. The molecule has 3 aromatic rings. The highest BCUT2D eigenvalue weighted by molar-refractivity contribution is 5.94. The van der Waals surface area contributed by atoms with Gasteiger partial charge in [-0.1, -0.05) is 18.2 Å². The Bertz CT molecular complexity index is 896. The highest BCUT2D eigenvalue weighted by atomic mass is 35.5. The molecule has 3 N–H and O–H groups in total. The van der Waals surface area contributed by atoms with Crippen molar-refractivity contribution < 1.29 is 4.79 Å². The van der Waals surface area contributed by atoms with E-state index >= 15 is 0 Å². The van der Waals surface area contributed by atoms with Gasteiger partial charge in [0, 0.05) is 30.1 Å². The lowest BCUT2D eigenvalue weighted by Gasteiger charge is -2.19. The number of anilines is 1. The number of carbonyl (C=O) groups is 1. The molecule has 0 radical (unpaired) electrons. The van der Waals surface area contributed by atoms with E-state index in [9.17, 15) is 4.79 Å². The predicted octanol–water partition coefficient (Wildman–Crippen LogP) is 2.37. The maximum atomic E-state index is 12.4. The average molecular weight is 375 g/mol. The number of halogens is 1. The topological polar surface area (TPSA) is 87.6 Å². The second kappa shape index (κ2) is 7.88. The number of amides is 1. The Labute approximate surface area is 158 Å². The smallest absolute Gasteiger partial charge is 0.231 e. The largest absolute Gasteiger partial charge is 0.361 e. The summed E-state index contributed by atoms with van der Waals surface area (Å²) in [6.07, 6.45) is 4.26. The van der Waals surface area contributed by atoms with Gasteiger partial charge in [0.2, 0.25) is 11.9 Å². The van der Waals surface area contributed by atoms with Gasteiger partial charge in [0.1, 0.15) is 0 Å². The van der Waals surface area contributed by atoms with Gasteiger partial charge in [0.05, 0.1) is 6.42 Å². The number of rotatable bonds is 4. The van der Waals surface area contributed by atoms with Crippen LogP contribution in [0.4, 0.5) is 5.95 Å². The van der Waals surface area contributed by atoms with E-state index in [2.05, 4.69) is 25.7 Å². The quantitative estimate of drug-likeness (QED) is 0.654. The molecule has 1 fully saturated rings. The summed E-state index contributed by atoms with van der Waals surface area (Å²) in [5.74, 6) is 1.62. The Kier molecular flexibility index (Phi) is 5.58. The highest BCUT2D eigenvalue weighted by Gasteiger charge is 2.21. The van der Waals surface area contributed by atoms with Crippen LogP contribution in [0.1, 0.15) is 30.1 Å². The van der Waals surface area contributed by atoms with Crippen LogP contribution >= 0.6 is 12.4 Å². The van der Waals surface area contributed by atoms with Gasteiger partial charge in [0.15, 0.2) is 5.82 Å². The van der Waals surface area contributed by atoms with E-state index in [4.69, 9.17) is 0 Å². The van der Waals surface area contributed by atoms with Crippen molar-refractivity contribution in [2.24, 2.45) is 7.05 Å². The van der Waals surface area contributed by atoms with Crippen LogP contribution in [-0.2, 0) is 18.3 Å². The minimum absolute atomic E-state index is 0. The van der Waals surface area contributed by atoms with Gasteiger partial charge in [-0.05, 0) is 37.6 Å². The number of benzene rings is 1. The summed E-state index contributed by atoms with van der Waals surface area (Å²) in [7, 11) is 1.82. The van der Waals surface area contributed by atoms with Gasteiger partial charge in [-0.25, -0.2) is 4.68 Å². The number of nitrogens with zero attached hydrogens (tertiary/aromatic N) is 3. The highest BCUT2D eigenvalue weighted by Crippen LogP contribution is 2.23. The third kappa shape index (κ3) is 3.73. The molecule has 1 amide bonds. The molecule has 3 heterocycles. The molecule has 138 valence electrons. The van der Waals surface area contributed by atoms with E-state index in [1.807, 2.05) is 37.5 Å². The van der Waals surface area contributed by atoms with Gasteiger partial charge in [0.25, 0.3) is 0 Å². The minimum Gasteiger partial charge on any atom is -0.361 e. The van der Waals surface area contributed by atoms with Gasteiger partial charge < -0.3 is 10.3 Å². The number of fused-ring (bicyclic) bond motifs is 1. The maximum absolute atomic E-state index is 12.4. The first-order valence-electron chi connectivity index (χ1n) is 8.67. The third-order valence-electron chi connectivity index (χ3n) is 4.76. The molecule has 1 saturated heterocycles. The SMILES string of the molecule is Cl.Cn1nc(C2CCNCC2)nc1NC(=O)Cc1c[nH]c2ccccc12. The normalized spacial score (nSPS) is 15.0. The van der Waals surface area contributed by atoms with Gasteiger partial charge in [-0.2, -0.15) is 10.1 Å². The van der Waals surface area contributed by atoms with E-state index in [-0.39, 0.29) is 18.3 Å². The van der Waals surface area contributed by atoms with Crippen molar-refractivity contribution in [3.05, 3.63) is 41.9 Å². The van der Waals surface area contributed by atoms with Crippen LogP contribution in [0.5, 0.6) is 0 Å². The molecule has 0 bridgehead atoms. The zero-order valence-corrected chi connectivity index (χ0v) is 15.5. The fraction of sp³-hybridized carbons (Fsp3) is 0.389. The first-order valence-corrected chi connectivity index (χ1v) is 8.67. The Balaban J connectivity index is 0.00000196. The summed E-state index contributed by atoms with van der Waals surface area (Å²) >= 11 is 0. The molecule has 1 aliphatic heterocycles. The average Bonchev–Trinajstić information content (AvgIpc) is 3.20. The van der Waals surface area contributed by atoms with Crippen LogP contribution in [0.3, 0.4) is 0 Å². The molecule has 2 aromatic heterocycles. The van der Waals surface area contributed by atoms with Crippen molar-refractivity contribution in [2.45, 2.75) is 25.2 Å². The fourth-order valence-electron chi connectivity index (χ4n) is 3.39. The van der Waals surface area contributed by atoms with E-state index in [0.717, 1.165) is 48.2 Å². The number of aryl methyl sites for hydroxylation is 1. The Morgan fingerprint density at radius 1 is 1.31 bits per heavy atom. The molecule has 8 heteroatoms. The van der Waals surface area contributed by atoms with E-state index in [1.54, 1.807) is 4.68 Å². The van der Waals surface area contributed by atoms with Gasteiger partial charge >= 0.3 is 0 Å². The zero-order chi connectivity index (χ0) is 17.2. The lowest BCUT2D eigenvalue weighted by molar-refractivity contribution is -0.115. The van der Waals surface area contributed by atoms with Crippen LogP contribution in [-0.4, -0.2) is 38.7 Å². The van der Waals surface area contributed by atoms with Gasteiger partial charge in [-0.3, -0.25) is 10.1 Å². The molecular formula is C18H23ClN6O. The van der Waals surface area contributed by atoms with Crippen LogP contribution in [0.25, 0.3) is 10.9 Å². The molecule has 0 saturated carbocycles. The van der Waals surface area contributed by atoms with Crippen molar-refractivity contribution in [1.82, 2.24) is 25.1 Å². The van der Waals surface area contributed by atoms with E-state index in [0.29, 0.717) is 18.3 Å². The van der Waals surface area contributed by atoms with E-state index in [1.165, 1.54) is 0 Å². The van der Waals surface area contributed by atoms with Crippen LogP contribution in [0, 0.1) is 0 Å². The molecule has 0 aliphatic carbocycles. The van der Waals surface area contributed by atoms with Crippen molar-refractivity contribution in [3.8, 4) is 0 Å². The summed E-state index contributed by atoms with van der Waals surface area (Å²) in [6.45, 7) is 1.98. The number of carbonyl (C=O) groups excluding carboxylic acids is 1. The van der Waals surface area contributed by atoms with Crippen LogP contribution < -0.4 is 10.6 Å². The number of aromatic nitrogens is 4. The summed E-state index contributed by atoms with van der Waals surface area (Å²) in [5, 5.41) is 11.8. The minimum atomic E-state index is -0.0860. The van der Waals surface area contributed by atoms with Crippen molar-refractivity contribution in [1.29, 1.82) is 0 Å². The fourth-order valence-corrected chi connectivity index (χ4v) is 3.39. The molecule has 26 heavy (non-hydrogen) atoms.